The van der Waals surface area contributed by atoms with Crippen molar-refractivity contribution in [3.63, 3.8) is 0 Å². The zero-order valence-electron chi connectivity index (χ0n) is 16.5. The maximum absolute atomic E-state index is 13.0. The zero-order valence-corrected chi connectivity index (χ0v) is 18.9. The molecule has 1 aliphatic rings. The number of carbonyl (C=O) groups excluding carboxylic acids is 2. The van der Waals surface area contributed by atoms with Crippen molar-refractivity contribution in [1.29, 1.82) is 0 Å². The van der Waals surface area contributed by atoms with Gasteiger partial charge in [0.05, 0.1) is 15.8 Å². The number of likely N-dealkylation sites (N-methyl/N-ethyl adjacent to an activating group) is 1. The van der Waals surface area contributed by atoms with E-state index in [1.807, 2.05) is 6.07 Å². The van der Waals surface area contributed by atoms with E-state index >= 15 is 0 Å². The highest BCUT2D eigenvalue weighted by Crippen LogP contribution is 2.26. The average Bonchev–Trinajstić information content (AvgIpc) is 3.16. The van der Waals surface area contributed by atoms with Crippen LogP contribution in [0.15, 0.2) is 47.4 Å². The van der Waals surface area contributed by atoms with E-state index in [0.29, 0.717) is 30.1 Å². The Morgan fingerprint density at radius 1 is 1.20 bits per heavy atom. The summed E-state index contributed by atoms with van der Waals surface area (Å²) in [6.07, 6.45) is 1.75. The third-order valence-corrected chi connectivity index (χ3v) is 8.00. The molecule has 1 atom stereocenters. The molecule has 1 aromatic heterocycles. The highest BCUT2D eigenvalue weighted by molar-refractivity contribution is 7.89. The van der Waals surface area contributed by atoms with E-state index in [1.54, 1.807) is 31.3 Å². The fraction of sp³-hybridized carbons (Fsp3) is 0.400. The number of amides is 1. The minimum absolute atomic E-state index is 0.134. The van der Waals surface area contributed by atoms with Crippen molar-refractivity contribution in [3.05, 3.63) is 51.7 Å². The largest absolute Gasteiger partial charge is 0.454 e. The van der Waals surface area contributed by atoms with Crippen molar-refractivity contribution in [2.75, 3.05) is 20.2 Å². The molecule has 1 saturated heterocycles. The van der Waals surface area contributed by atoms with Crippen LogP contribution in [-0.4, -0.2) is 55.7 Å². The molecule has 2 heterocycles. The summed E-state index contributed by atoms with van der Waals surface area (Å²) < 4.78 is 33.0. The lowest BCUT2D eigenvalue weighted by atomic mass is 10.1. The average molecular weight is 471 g/mol. The predicted molar refractivity (Wildman–Crippen MR) is 115 cm³/mol. The van der Waals surface area contributed by atoms with E-state index in [1.165, 1.54) is 32.7 Å². The summed E-state index contributed by atoms with van der Waals surface area (Å²) in [4.78, 5) is 27.5. The first kappa shape index (κ1) is 22.7. The minimum Gasteiger partial charge on any atom is -0.454 e. The van der Waals surface area contributed by atoms with Crippen LogP contribution in [0.1, 0.15) is 24.1 Å². The Kier molecular flexibility index (Phi) is 7.51. The van der Waals surface area contributed by atoms with Crippen LogP contribution in [0.3, 0.4) is 0 Å². The van der Waals surface area contributed by atoms with Gasteiger partial charge in [-0.05, 0) is 43.5 Å². The molecule has 0 aliphatic carbocycles. The van der Waals surface area contributed by atoms with E-state index in [2.05, 4.69) is 0 Å². The number of thiophene rings is 1. The molecular weight excluding hydrogens is 448 g/mol. The van der Waals surface area contributed by atoms with Crippen molar-refractivity contribution in [3.8, 4) is 0 Å². The number of hydrogen-bond acceptors (Lipinski definition) is 6. The van der Waals surface area contributed by atoms with Crippen LogP contribution < -0.4 is 0 Å². The standard InChI is InChI=1S/C20H23ClN2O5S2/c1-22(13-15-10-11-18(21)29-15)19(24)14-28-20(25)17-9-5-6-12-23(17)30(26,27)16-7-3-2-4-8-16/h2-4,7-8,10-11,17H,5-6,9,12-14H2,1H3. The molecule has 0 bridgehead atoms. The Labute approximate surface area is 185 Å². The van der Waals surface area contributed by atoms with Gasteiger partial charge in [-0.1, -0.05) is 29.8 Å². The zero-order chi connectivity index (χ0) is 21.7. The molecule has 2 aromatic rings. The van der Waals surface area contributed by atoms with Crippen LogP contribution in [0.4, 0.5) is 0 Å². The van der Waals surface area contributed by atoms with Crippen molar-refractivity contribution in [2.45, 2.75) is 36.7 Å². The maximum Gasteiger partial charge on any atom is 0.324 e. The van der Waals surface area contributed by atoms with Gasteiger partial charge in [0.15, 0.2) is 6.61 Å². The number of nitrogens with zero attached hydrogens (tertiary/aromatic N) is 2. The van der Waals surface area contributed by atoms with Gasteiger partial charge >= 0.3 is 5.97 Å². The lowest BCUT2D eigenvalue weighted by Crippen LogP contribution is -2.49. The summed E-state index contributed by atoms with van der Waals surface area (Å²) in [7, 11) is -2.22. The molecule has 1 amide bonds. The quantitative estimate of drug-likeness (QED) is 0.580. The van der Waals surface area contributed by atoms with Crippen LogP contribution in [0, 0.1) is 0 Å². The summed E-state index contributed by atoms with van der Waals surface area (Å²) in [6, 6.07) is 10.7. The van der Waals surface area contributed by atoms with E-state index in [-0.39, 0.29) is 17.3 Å². The molecule has 0 N–H and O–H groups in total. The molecule has 1 fully saturated rings. The lowest BCUT2D eigenvalue weighted by Gasteiger charge is -2.33. The second kappa shape index (κ2) is 9.91. The predicted octanol–water partition coefficient (Wildman–Crippen LogP) is 3.15. The number of rotatable bonds is 7. The van der Waals surface area contributed by atoms with Gasteiger partial charge in [-0.15, -0.1) is 11.3 Å². The lowest BCUT2D eigenvalue weighted by molar-refractivity contribution is -0.155. The van der Waals surface area contributed by atoms with Crippen molar-refractivity contribution in [2.24, 2.45) is 0 Å². The van der Waals surface area contributed by atoms with Crippen molar-refractivity contribution in [1.82, 2.24) is 9.21 Å². The molecule has 1 aliphatic heterocycles. The molecule has 0 spiro atoms. The van der Waals surface area contributed by atoms with Crippen LogP contribution >= 0.6 is 22.9 Å². The Balaban J connectivity index is 1.62. The normalized spacial score (nSPS) is 17.5. The fourth-order valence-electron chi connectivity index (χ4n) is 3.25. The van der Waals surface area contributed by atoms with Crippen LogP contribution in [0.25, 0.3) is 0 Å². The molecule has 1 unspecified atom stereocenters. The first-order valence-electron chi connectivity index (χ1n) is 9.51. The molecule has 0 radical (unpaired) electrons. The summed E-state index contributed by atoms with van der Waals surface area (Å²) >= 11 is 7.27. The Morgan fingerprint density at radius 2 is 1.93 bits per heavy atom. The molecule has 1 aromatic carbocycles. The molecule has 30 heavy (non-hydrogen) atoms. The van der Waals surface area contributed by atoms with Gasteiger partial charge in [-0.3, -0.25) is 9.59 Å². The van der Waals surface area contributed by atoms with Gasteiger partial charge in [0.2, 0.25) is 10.0 Å². The number of ether oxygens (including phenoxy) is 1. The first-order valence-corrected chi connectivity index (χ1v) is 12.1. The summed E-state index contributed by atoms with van der Waals surface area (Å²) in [6.45, 7) is 0.153. The van der Waals surface area contributed by atoms with Gasteiger partial charge in [0, 0.05) is 18.5 Å². The Bertz CT molecular complexity index is 994. The van der Waals surface area contributed by atoms with Gasteiger partial charge < -0.3 is 9.64 Å². The maximum atomic E-state index is 13.0. The number of esters is 1. The van der Waals surface area contributed by atoms with Crippen molar-refractivity contribution < 1.29 is 22.7 Å². The summed E-state index contributed by atoms with van der Waals surface area (Å²) in [5, 5.41) is 0. The van der Waals surface area contributed by atoms with Crippen LogP contribution in [0.2, 0.25) is 4.34 Å². The Morgan fingerprint density at radius 3 is 2.60 bits per heavy atom. The van der Waals surface area contributed by atoms with E-state index in [9.17, 15) is 18.0 Å². The third kappa shape index (κ3) is 5.40. The number of carbonyl (C=O) groups is 2. The van der Waals surface area contributed by atoms with Gasteiger partial charge in [-0.2, -0.15) is 4.31 Å². The number of piperidine rings is 1. The number of benzene rings is 1. The summed E-state index contributed by atoms with van der Waals surface area (Å²) in [5.41, 5.74) is 0. The highest BCUT2D eigenvalue weighted by atomic mass is 35.5. The SMILES string of the molecule is CN(Cc1ccc(Cl)s1)C(=O)COC(=O)C1CCCCN1S(=O)(=O)c1ccccc1. The number of sulfonamides is 1. The van der Waals surface area contributed by atoms with E-state index in [4.69, 9.17) is 16.3 Å². The van der Waals surface area contributed by atoms with Crippen molar-refractivity contribution >= 4 is 44.8 Å². The fourth-order valence-corrected chi connectivity index (χ4v) is 6.06. The van der Waals surface area contributed by atoms with E-state index < -0.39 is 28.6 Å². The minimum atomic E-state index is -3.82. The summed E-state index contributed by atoms with van der Waals surface area (Å²) in [5.74, 6) is -1.07. The molecule has 162 valence electrons. The molecule has 0 saturated carbocycles. The van der Waals surface area contributed by atoms with Gasteiger partial charge in [-0.25, -0.2) is 8.42 Å². The second-order valence-corrected chi connectivity index (χ2v) is 10.7. The molecular formula is C20H23ClN2O5S2. The number of hydrogen-bond donors (Lipinski definition) is 0. The van der Waals surface area contributed by atoms with Gasteiger partial charge in [0.25, 0.3) is 5.91 Å². The van der Waals surface area contributed by atoms with Crippen LogP contribution in [-0.2, 0) is 30.9 Å². The molecule has 7 nitrogen and oxygen atoms in total. The Hall–Kier alpha value is -1.94. The monoisotopic (exact) mass is 470 g/mol. The first-order chi connectivity index (χ1) is 14.3. The molecule has 3 rings (SSSR count). The number of halogens is 1. The smallest absolute Gasteiger partial charge is 0.324 e. The van der Waals surface area contributed by atoms with E-state index in [0.717, 1.165) is 4.88 Å². The van der Waals surface area contributed by atoms with Gasteiger partial charge in [0.1, 0.15) is 6.04 Å². The highest BCUT2D eigenvalue weighted by Gasteiger charge is 2.38. The molecule has 10 heteroatoms. The van der Waals surface area contributed by atoms with Crippen LogP contribution in [0.5, 0.6) is 0 Å². The third-order valence-electron chi connectivity index (χ3n) is 4.86. The topological polar surface area (TPSA) is 84.0 Å². The second-order valence-electron chi connectivity index (χ2n) is 7.00.